The summed E-state index contributed by atoms with van der Waals surface area (Å²) in [4.78, 5) is 1.20. The monoisotopic (exact) mass is 327 g/mol. The minimum Gasteiger partial charge on any atom is -0.396 e. The molecule has 0 bridgehead atoms. The number of H-pyrrole nitrogens is 1. The Bertz CT molecular complexity index is 694. The van der Waals surface area contributed by atoms with Crippen molar-refractivity contribution >= 4 is 11.3 Å². The fraction of sp³-hybridized carbons (Fsp3) is 0.278. The van der Waals surface area contributed by atoms with Crippen LogP contribution < -0.4 is 5.32 Å². The number of aromatic nitrogens is 2. The van der Waals surface area contributed by atoms with Gasteiger partial charge in [0.2, 0.25) is 0 Å². The van der Waals surface area contributed by atoms with E-state index in [2.05, 4.69) is 39.1 Å². The van der Waals surface area contributed by atoms with Gasteiger partial charge in [-0.15, -0.1) is 11.3 Å². The highest BCUT2D eigenvalue weighted by Gasteiger charge is 2.12. The number of aliphatic hydroxyl groups excluding tert-OH is 1. The Morgan fingerprint density at radius 3 is 2.78 bits per heavy atom. The summed E-state index contributed by atoms with van der Waals surface area (Å²) in [6.07, 6.45) is 2.64. The number of aromatic amines is 1. The highest BCUT2D eigenvalue weighted by Crippen LogP contribution is 2.26. The summed E-state index contributed by atoms with van der Waals surface area (Å²) in [5.41, 5.74) is 3.52. The van der Waals surface area contributed by atoms with Gasteiger partial charge in [0.15, 0.2) is 0 Å². The van der Waals surface area contributed by atoms with Crippen LogP contribution in [0.25, 0.3) is 10.6 Å². The van der Waals surface area contributed by atoms with Crippen LogP contribution >= 0.6 is 11.3 Å². The molecule has 3 N–H and O–H groups in total. The molecule has 0 radical (unpaired) electrons. The molecule has 3 rings (SSSR count). The van der Waals surface area contributed by atoms with Gasteiger partial charge in [0.25, 0.3) is 0 Å². The summed E-state index contributed by atoms with van der Waals surface area (Å²) in [6, 6.07) is 14.5. The second-order valence-corrected chi connectivity index (χ2v) is 6.45. The molecule has 1 unspecified atom stereocenters. The minimum atomic E-state index is 0.202. The van der Waals surface area contributed by atoms with Gasteiger partial charge >= 0.3 is 0 Å². The molecule has 5 heteroatoms. The van der Waals surface area contributed by atoms with Gasteiger partial charge in [0, 0.05) is 25.3 Å². The van der Waals surface area contributed by atoms with Crippen LogP contribution in [0.15, 0.2) is 54.0 Å². The average Bonchev–Trinajstić information content (AvgIpc) is 3.26. The average molecular weight is 327 g/mol. The van der Waals surface area contributed by atoms with Crippen LogP contribution in [0.2, 0.25) is 0 Å². The van der Waals surface area contributed by atoms with Gasteiger partial charge in [-0.05, 0) is 29.3 Å². The van der Waals surface area contributed by atoms with Crippen LogP contribution in [0.5, 0.6) is 0 Å². The minimum absolute atomic E-state index is 0.202. The van der Waals surface area contributed by atoms with Gasteiger partial charge in [-0.2, -0.15) is 5.10 Å². The van der Waals surface area contributed by atoms with Crippen LogP contribution in [-0.4, -0.2) is 28.5 Å². The Labute approximate surface area is 140 Å². The third kappa shape index (κ3) is 4.07. The fourth-order valence-corrected chi connectivity index (χ4v) is 3.48. The molecule has 0 amide bonds. The SMILES string of the molecule is OCCC(CNCc1cn[nH]c1-c1cccs1)c1ccccc1. The molecular weight excluding hydrogens is 306 g/mol. The van der Waals surface area contributed by atoms with Crippen LogP contribution in [0.4, 0.5) is 0 Å². The lowest BCUT2D eigenvalue weighted by atomic mass is 9.96. The summed E-state index contributed by atoms with van der Waals surface area (Å²) in [5.74, 6) is 0.318. The molecular formula is C18H21N3OS. The smallest absolute Gasteiger partial charge is 0.0794 e. The van der Waals surface area contributed by atoms with Gasteiger partial charge < -0.3 is 10.4 Å². The largest absolute Gasteiger partial charge is 0.396 e. The first-order valence-electron chi connectivity index (χ1n) is 7.81. The van der Waals surface area contributed by atoms with E-state index in [4.69, 9.17) is 0 Å². The molecule has 2 heterocycles. The van der Waals surface area contributed by atoms with Crippen molar-refractivity contribution in [3.63, 3.8) is 0 Å². The second kappa shape index (κ2) is 8.06. The summed E-state index contributed by atoms with van der Waals surface area (Å²) >= 11 is 1.71. The molecule has 120 valence electrons. The number of rotatable bonds is 8. The van der Waals surface area contributed by atoms with Crippen molar-refractivity contribution in [1.82, 2.24) is 15.5 Å². The molecule has 1 aromatic carbocycles. The number of hydrogen-bond donors (Lipinski definition) is 3. The van der Waals surface area contributed by atoms with Crippen molar-refractivity contribution in [1.29, 1.82) is 0 Å². The standard InChI is InChI=1S/C18H21N3OS/c22-9-8-15(14-5-2-1-3-6-14)11-19-12-16-13-20-21-18(16)17-7-4-10-23-17/h1-7,10,13,15,19,22H,8-9,11-12H2,(H,20,21). The first-order valence-corrected chi connectivity index (χ1v) is 8.69. The van der Waals surface area contributed by atoms with Gasteiger partial charge in [-0.1, -0.05) is 36.4 Å². The summed E-state index contributed by atoms with van der Waals surface area (Å²) in [7, 11) is 0. The lowest BCUT2D eigenvalue weighted by Gasteiger charge is -2.17. The van der Waals surface area contributed by atoms with Crippen molar-refractivity contribution in [2.24, 2.45) is 0 Å². The molecule has 0 saturated heterocycles. The zero-order valence-corrected chi connectivity index (χ0v) is 13.7. The molecule has 0 aliphatic heterocycles. The van der Waals surface area contributed by atoms with E-state index in [9.17, 15) is 5.11 Å². The van der Waals surface area contributed by atoms with Crippen molar-refractivity contribution in [2.45, 2.75) is 18.9 Å². The number of nitrogens with zero attached hydrogens (tertiary/aromatic N) is 1. The van der Waals surface area contributed by atoms with Crippen molar-refractivity contribution in [3.8, 4) is 10.6 Å². The molecule has 0 spiro atoms. The lowest BCUT2D eigenvalue weighted by Crippen LogP contribution is -2.22. The molecule has 4 nitrogen and oxygen atoms in total. The van der Waals surface area contributed by atoms with E-state index in [1.807, 2.05) is 30.5 Å². The van der Waals surface area contributed by atoms with E-state index in [0.717, 1.165) is 25.2 Å². The highest BCUT2D eigenvalue weighted by atomic mass is 32.1. The highest BCUT2D eigenvalue weighted by molar-refractivity contribution is 7.13. The Morgan fingerprint density at radius 1 is 1.17 bits per heavy atom. The molecule has 0 aliphatic carbocycles. The van der Waals surface area contributed by atoms with Crippen molar-refractivity contribution < 1.29 is 5.11 Å². The van der Waals surface area contributed by atoms with Gasteiger partial charge in [-0.3, -0.25) is 5.10 Å². The Kier molecular flexibility index (Phi) is 5.58. The maximum Gasteiger partial charge on any atom is 0.0794 e. The topological polar surface area (TPSA) is 60.9 Å². The molecule has 3 aromatic rings. The van der Waals surface area contributed by atoms with E-state index in [1.165, 1.54) is 16.0 Å². The Morgan fingerprint density at radius 2 is 2.04 bits per heavy atom. The van der Waals surface area contributed by atoms with Crippen molar-refractivity contribution in [2.75, 3.05) is 13.2 Å². The molecule has 0 fully saturated rings. The lowest BCUT2D eigenvalue weighted by molar-refractivity contribution is 0.273. The van der Waals surface area contributed by atoms with E-state index in [0.29, 0.717) is 5.92 Å². The summed E-state index contributed by atoms with van der Waals surface area (Å²) in [6.45, 7) is 1.80. The number of thiophene rings is 1. The van der Waals surface area contributed by atoms with Gasteiger partial charge in [0.05, 0.1) is 16.8 Å². The van der Waals surface area contributed by atoms with Crippen LogP contribution in [0.3, 0.4) is 0 Å². The normalized spacial score (nSPS) is 12.4. The van der Waals surface area contributed by atoms with E-state index in [-0.39, 0.29) is 6.61 Å². The number of nitrogens with one attached hydrogen (secondary N) is 2. The molecule has 2 aromatic heterocycles. The fourth-order valence-electron chi connectivity index (χ4n) is 2.73. The molecule has 23 heavy (non-hydrogen) atoms. The predicted octanol–water partition coefficient (Wildman–Crippen LogP) is 3.39. The Hall–Kier alpha value is -1.95. The first kappa shape index (κ1) is 15.9. The van der Waals surface area contributed by atoms with Crippen LogP contribution in [0.1, 0.15) is 23.5 Å². The molecule has 1 atom stereocenters. The van der Waals surface area contributed by atoms with E-state index in [1.54, 1.807) is 11.3 Å². The quantitative estimate of drug-likeness (QED) is 0.594. The van der Waals surface area contributed by atoms with Crippen LogP contribution in [-0.2, 0) is 6.54 Å². The maximum absolute atomic E-state index is 9.31. The summed E-state index contributed by atoms with van der Waals surface area (Å²) in [5, 5.41) is 22.1. The number of benzene rings is 1. The van der Waals surface area contributed by atoms with E-state index >= 15 is 0 Å². The zero-order valence-electron chi connectivity index (χ0n) is 12.9. The maximum atomic E-state index is 9.31. The van der Waals surface area contributed by atoms with Crippen LogP contribution in [0, 0.1) is 0 Å². The number of hydrogen-bond acceptors (Lipinski definition) is 4. The molecule has 0 saturated carbocycles. The zero-order chi connectivity index (χ0) is 15.9. The predicted molar refractivity (Wildman–Crippen MR) is 94.5 cm³/mol. The Balaban J connectivity index is 1.61. The van der Waals surface area contributed by atoms with Gasteiger partial charge in [0.1, 0.15) is 0 Å². The van der Waals surface area contributed by atoms with E-state index < -0.39 is 0 Å². The third-order valence-corrected chi connectivity index (χ3v) is 4.83. The summed E-state index contributed by atoms with van der Waals surface area (Å²) < 4.78 is 0. The molecule has 0 aliphatic rings. The first-order chi connectivity index (χ1) is 11.4. The second-order valence-electron chi connectivity index (χ2n) is 5.50. The number of aliphatic hydroxyl groups is 1. The van der Waals surface area contributed by atoms with Crippen molar-refractivity contribution in [3.05, 3.63) is 65.2 Å². The van der Waals surface area contributed by atoms with Gasteiger partial charge in [-0.25, -0.2) is 0 Å². The third-order valence-electron chi connectivity index (χ3n) is 3.94.